The van der Waals surface area contributed by atoms with Crippen molar-refractivity contribution in [1.82, 2.24) is 0 Å². The maximum Gasteiger partial charge on any atom is 0.306 e. The molecule has 0 aromatic heterocycles. The molecule has 3 saturated carbocycles. The van der Waals surface area contributed by atoms with E-state index in [0.29, 0.717) is 5.92 Å². The monoisotopic (exact) mass is 168 g/mol. The predicted octanol–water partition coefficient (Wildman–Crippen LogP) is 2.29. The summed E-state index contributed by atoms with van der Waals surface area (Å²) >= 11 is 0. The third-order valence-electron chi connectivity index (χ3n) is 3.61. The van der Waals surface area contributed by atoms with Crippen LogP contribution in [0.5, 0.6) is 0 Å². The maximum absolute atomic E-state index is 10.9. The quantitative estimate of drug-likeness (QED) is 0.652. The molecule has 0 heterocycles. The molecule has 1 N–H and O–H groups in total. The Hall–Kier alpha value is -0.530. The first kappa shape index (κ1) is 8.09. The predicted molar refractivity (Wildman–Crippen MR) is 45.8 cm³/mol. The van der Waals surface area contributed by atoms with Crippen molar-refractivity contribution >= 4 is 5.97 Å². The summed E-state index contributed by atoms with van der Waals surface area (Å²) in [6, 6.07) is 0. The van der Waals surface area contributed by atoms with E-state index in [1.807, 2.05) is 0 Å². The summed E-state index contributed by atoms with van der Waals surface area (Å²) in [5, 5.41) is 8.99. The number of hydrogen-bond acceptors (Lipinski definition) is 1. The molecule has 3 aliphatic rings. The van der Waals surface area contributed by atoms with Crippen LogP contribution in [0.25, 0.3) is 0 Å². The van der Waals surface area contributed by atoms with E-state index in [0.717, 1.165) is 18.8 Å². The summed E-state index contributed by atoms with van der Waals surface area (Å²) in [5.74, 6) is 0.670. The topological polar surface area (TPSA) is 37.3 Å². The molecule has 3 aliphatic carbocycles. The summed E-state index contributed by atoms with van der Waals surface area (Å²) < 4.78 is 0. The van der Waals surface area contributed by atoms with Gasteiger partial charge in [-0.25, -0.2) is 0 Å². The van der Waals surface area contributed by atoms with Gasteiger partial charge in [0.2, 0.25) is 0 Å². The van der Waals surface area contributed by atoms with Crippen LogP contribution in [0.3, 0.4) is 0 Å². The van der Waals surface area contributed by atoms with Gasteiger partial charge in [-0.1, -0.05) is 19.3 Å². The SMILES string of the molecule is O=C(O)C1CC2CCCC1CC2. The van der Waals surface area contributed by atoms with Gasteiger partial charge in [0.05, 0.1) is 5.92 Å². The highest BCUT2D eigenvalue weighted by atomic mass is 16.4. The minimum Gasteiger partial charge on any atom is -0.481 e. The highest BCUT2D eigenvalue weighted by Gasteiger charge is 2.36. The van der Waals surface area contributed by atoms with Gasteiger partial charge in [0.15, 0.2) is 0 Å². The average molecular weight is 168 g/mol. The van der Waals surface area contributed by atoms with Crippen molar-refractivity contribution in [1.29, 1.82) is 0 Å². The molecule has 0 aromatic carbocycles. The van der Waals surface area contributed by atoms with Crippen molar-refractivity contribution in [2.45, 2.75) is 38.5 Å². The molecule has 68 valence electrons. The lowest BCUT2D eigenvalue weighted by Gasteiger charge is -2.29. The second kappa shape index (κ2) is 3.08. The number of hydrogen-bond donors (Lipinski definition) is 1. The molecule has 0 saturated heterocycles. The summed E-state index contributed by atoms with van der Waals surface area (Å²) in [5.41, 5.74) is 0. The molecule has 3 atom stereocenters. The Morgan fingerprint density at radius 3 is 2.75 bits per heavy atom. The van der Waals surface area contributed by atoms with Crippen LogP contribution in [0.1, 0.15) is 38.5 Å². The van der Waals surface area contributed by atoms with E-state index in [1.165, 1.54) is 25.7 Å². The lowest BCUT2D eigenvalue weighted by molar-refractivity contribution is -0.145. The summed E-state index contributed by atoms with van der Waals surface area (Å²) in [6.07, 6.45) is 7.11. The van der Waals surface area contributed by atoms with Gasteiger partial charge in [-0.2, -0.15) is 0 Å². The normalized spacial score (nSPS) is 40.8. The number of aliphatic carboxylic acids is 1. The van der Waals surface area contributed by atoms with Gasteiger partial charge in [0.25, 0.3) is 0 Å². The molecule has 12 heavy (non-hydrogen) atoms. The van der Waals surface area contributed by atoms with Crippen LogP contribution in [-0.2, 0) is 4.79 Å². The van der Waals surface area contributed by atoms with Crippen molar-refractivity contribution in [3.63, 3.8) is 0 Å². The van der Waals surface area contributed by atoms with Crippen molar-refractivity contribution < 1.29 is 9.90 Å². The molecule has 2 nitrogen and oxygen atoms in total. The standard InChI is InChI=1S/C10H16O2/c11-10(12)9-6-7-2-1-3-8(9)5-4-7/h7-9H,1-6H2,(H,11,12). The maximum atomic E-state index is 10.9. The Kier molecular flexibility index (Phi) is 2.07. The van der Waals surface area contributed by atoms with Crippen molar-refractivity contribution in [3.05, 3.63) is 0 Å². The number of carbonyl (C=O) groups is 1. The van der Waals surface area contributed by atoms with Gasteiger partial charge >= 0.3 is 5.97 Å². The van der Waals surface area contributed by atoms with Gasteiger partial charge in [-0.05, 0) is 31.1 Å². The molecule has 0 spiro atoms. The molecular formula is C10H16O2. The minimum atomic E-state index is -0.549. The van der Waals surface area contributed by atoms with Crippen LogP contribution in [-0.4, -0.2) is 11.1 Å². The van der Waals surface area contributed by atoms with E-state index in [1.54, 1.807) is 0 Å². The fraction of sp³-hybridized carbons (Fsp3) is 0.900. The molecule has 0 radical (unpaired) electrons. The van der Waals surface area contributed by atoms with E-state index in [9.17, 15) is 4.79 Å². The number of carboxylic acids is 1. The Morgan fingerprint density at radius 1 is 1.17 bits per heavy atom. The third kappa shape index (κ3) is 1.35. The number of carboxylic acid groups (broad SMARTS) is 1. The van der Waals surface area contributed by atoms with Crippen LogP contribution in [0, 0.1) is 17.8 Å². The van der Waals surface area contributed by atoms with Crippen LogP contribution < -0.4 is 0 Å². The second-order valence-corrected chi connectivity index (χ2v) is 4.31. The molecule has 3 rings (SSSR count). The lowest BCUT2D eigenvalue weighted by Crippen LogP contribution is -2.28. The van der Waals surface area contributed by atoms with E-state index in [2.05, 4.69) is 0 Å². The van der Waals surface area contributed by atoms with Gasteiger partial charge < -0.3 is 5.11 Å². The lowest BCUT2D eigenvalue weighted by atomic mass is 9.75. The van der Waals surface area contributed by atoms with E-state index in [-0.39, 0.29) is 5.92 Å². The van der Waals surface area contributed by atoms with Gasteiger partial charge in [0, 0.05) is 0 Å². The van der Waals surface area contributed by atoms with E-state index in [4.69, 9.17) is 5.11 Å². The zero-order valence-electron chi connectivity index (χ0n) is 7.33. The molecular weight excluding hydrogens is 152 g/mol. The summed E-state index contributed by atoms with van der Waals surface area (Å²) in [4.78, 5) is 10.9. The van der Waals surface area contributed by atoms with Crippen LogP contribution >= 0.6 is 0 Å². The molecule has 2 heteroatoms. The Balaban J connectivity index is 2.11. The van der Waals surface area contributed by atoms with Crippen LogP contribution in [0.2, 0.25) is 0 Å². The Bertz CT molecular complexity index is 184. The first-order chi connectivity index (χ1) is 5.77. The highest BCUT2D eigenvalue weighted by molar-refractivity contribution is 5.70. The highest BCUT2D eigenvalue weighted by Crippen LogP contribution is 2.42. The molecule has 0 aliphatic heterocycles. The summed E-state index contributed by atoms with van der Waals surface area (Å²) in [7, 11) is 0. The van der Waals surface area contributed by atoms with Crippen molar-refractivity contribution in [2.24, 2.45) is 17.8 Å². The van der Waals surface area contributed by atoms with Crippen LogP contribution in [0.15, 0.2) is 0 Å². The minimum absolute atomic E-state index is 0.00810. The first-order valence-electron chi connectivity index (χ1n) is 5.00. The zero-order valence-corrected chi connectivity index (χ0v) is 7.33. The van der Waals surface area contributed by atoms with Crippen molar-refractivity contribution in [3.8, 4) is 0 Å². The molecule has 2 bridgehead atoms. The van der Waals surface area contributed by atoms with Gasteiger partial charge in [-0.15, -0.1) is 0 Å². The number of fused-ring (bicyclic) bond motifs is 4. The number of rotatable bonds is 1. The third-order valence-corrected chi connectivity index (χ3v) is 3.61. The van der Waals surface area contributed by atoms with E-state index >= 15 is 0 Å². The Labute approximate surface area is 73.0 Å². The molecule has 3 fully saturated rings. The first-order valence-corrected chi connectivity index (χ1v) is 5.00. The zero-order chi connectivity index (χ0) is 8.55. The largest absolute Gasteiger partial charge is 0.481 e. The van der Waals surface area contributed by atoms with Crippen molar-refractivity contribution in [2.75, 3.05) is 0 Å². The van der Waals surface area contributed by atoms with Gasteiger partial charge in [0.1, 0.15) is 0 Å². The summed E-state index contributed by atoms with van der Waals surface area (Å²) in [6.45, 7) is 0. The molecule has 3 unspecified atom stereocenters. The smallest absolute Gasteiger partial charge is 0.306 e. The fourth-order valence-corrected chi connectivity index (χ4v) is 2.90. The van der Waals surface area contributed by atoms with Crippen LogP contribution in [0.4, 0.5) is 0 Å². The molecule has 0 amide bonds. The Morgan fingerprint density at radius 2 is 2.00 bits per heavy atom. The molecule has 0 aromatic rings. The average Bonchev–Trinajstić information content (AvgIpc) is 2.36. The second-order valence-electron chi connectivity index (χ2n) is 4.31. The fourth-order valence-electron chi connectivity index (χ4n) is 2.90. The van der Waals surface area contributed by atoms with Gasteiger partial charge in [-0.3, -0.25) is 4.79 Å². The van der Waals surface area contributed by atoms with E-state index < -0.39 is 5.97 Å².